The van der Waals surface area contributed by atoms with Gasteiger partial charge in [-0.05, 0) is 39.4 Å². The first-order valence-corrected chi connectivity index (χ1v) is 7.94. The molecule has 0 aromatic heterocycles. The lowest BCUT2D eigenvalue weighted by Gasteiger charge is -2.32. The number of hydrogen-bond acceptors (Lipinski definition) is 5. The van der Waals surface area contributed by atoms with E-state index in [1.807, 2.05) is 7.05 Å². The van der Waals surface area contributed by atoms with Gasteiger partial charge < -0.3 is 15.5 Å². The Kier molecular flexibility index (Phi) is 6.06. The van der Waals surface area contributed by atoms with E-state index in [1.165, 1.54) is 12.5 Å². The number of nitrogens with zero attached hydrogens (tertiary/aromatic N) is 2. The molecule has 1 fully saturated rings. The largest absolute Gasteiger partial charge is 0.326 e. The molecule has 1 amide bonds. The second-order valence-electron chi connectivity index (χ2n) is 5.93. The number of likely N-dealkylation sites (N-methyl/N-ethyl adjacent to an activating group) is 1. The molecule has 2 rings (SSSR count). The Bertz CT molecular complexity index is 576. The van der Waals surface area contributed by atoms with Crippen molar-refractivity contribution >= 4 is 17.3 Å². The summed E-state index contributed by atoms with van der Waals surface area (Å²) in [4.78, 5) is 24.9. The number of benzene rings is 1. The summed E-state index contributed by atoms with van der Waals surface area (Å²) in [6.07, 6.45) is 2.70. The zero-order valence-corrected chi connectivity index (χ0v) is 13.7. The highest BCUT2D eigenvalue weighted by Gasteiger charge is 2.19. The van der Waals surface area contributed by atoms with Gasteiger partial charge in [0, 0.05) is 31.6 Å². The Labute approximate surface area is 136 Å². The van der Waals surface area contributed by atoms with Gasteiger partial charge in [0.25, 0.3) is 5.69 Å². The molecule has 7 nitrogen and oxygen atoms in total. The van der Waals surface area contributed by atoms with E-state index in [-0.39, 0.29) is 11.6 Å². The van der Waals surface area contributed by atoms with Crippen molar-refractivity contribution in [1.82, 2.24) is 10.2 Å². The minimum atomic E-state index is -0.434. The molecule has 23 heavy (non-hydrogen) atoms. The van der Waals surface area contributed by atoms with E-state index in [9.17, 15) is 14.9 Å². The maximum atomic E-state index is 12.1. The molecule has 0 saturated carbocycles. The molecule has 0 aliphatic carbocycles. The van der Waals surface area contributed by atoms with Crippen LogP contribution in [-0.2, 0) is 4.79 Å². The van der Waals surface area contributed by atoms with Crippen molar-refractivity contribution in [2.45, 2.75) is 32.2 Å². The van der Waals surface area contributed by atoms with Crippen molar-refractivity contribution in [2.24, 2.45) is 0 Å². The molecule has 1 saturated heterocycles. The number of nitro benzene ring substituents is 1. The Morgan fingerprint density at radius 1 is 1.48 bits per heavy atom. The van der Waals surface area contributed by atoms with Gasteiger partial charge in [-0.15, -0.1) is 0 Å². The summed E-state index contributed by atoms with van der Waals surface area (Å²) in [5.74, 6) is -0.111. The van der Waals surface area contributed by atoms with Gasteiger partial charge in [-0.1, -0.05) is 6.07 Å². The fourth-order valence-electron chi connectivity index (χ4n) is 2.92. The zero-order chi connectivity index (χ0) is 16.8. The topological polar surface area (TPSA) is 87.5 Å². The van der Waals surface area contributed by atoms with E-state index in [0.717, 1.165) is 19.5 Å². The van der Waals surface area contributed by atoms with Gasteiger partial charge in [-0.2, -0.15) is 0 Å². The van der Waals surface area contributed by atoms with Gasteiger partial charge in [-0.3, -0.25) is 14.9 Å². The van der Waals surface area contributed by atoms with Crippen molar-refractivity contribution in [1.29, 1.82) is 0 Å². The average Bonchev–Trinajstić information content (AvgIpc) is 2.55. The highest BCUT2D eigenvalue weighted by atomic mass is 16.6. The fraction of sp³-hybridized carbons (Fsp3) is 0.562. The van der Waals surface area contributed by atoms with Crippen molar-refractivity contribution in [3.8, 4) is 0 Å². The number of anilines is 1. The molecule has 126 valence electrons. The molecule has 2 N–H and O–H groups in total. The summed E-state index contributed by atoms with van der Waals surface area (Å²) in [5, 5.41) is 17.0. The third-order valence-electron chi connectivity index (χ3n) is 4.34. The van der Waals surface area contributed by atoms with Crippen LogP contribution >= 0.6 is 0 Å². The summed E-state index contributed by atoms with van der Waals surface area (Å²) in [6, 6.07) is 5.21. The van der Waals surface area contributed by atoms with Crippen LogP contribution in [-0.4, -0.2) is 48.5 Å². The van der Waals surface area contributed by atoms with Gasteiger partial charge in [-0.25, -0.2) is 0 Å². The number of piperidine rings is 1. The lowest BCUT2D eigenvalue weighted by atomic mass is 10.1. The standard InChI is InChI=1S/C16H24N4O3/c1-12-14(6-3-7-15(12)20(22)23)18-16(21)8-10-19-9-4-5-13(11-19)17-2/h3,6-7,13,17H,4-5,8-11H2,1-2H3,(H,18,21). The van der Waals surface area contributed by atoms with Gasteiger partial charge in [0.1, 0.15) is 0 Å². The molecule has 1 unspecified atom stereocenters. The van der Waals surface area contributed by atoms with E-state index >= 15 is 0 Å². The summed E-state index contributed by atoms with van der Waals surface area (Å²) in [5.41, 5.74) is 1.02. The Morgan fingerprint density at radius 3 is 2.96 bits per heavy atom. The summed E-state index contributed by atoms with van der Waals surface area (Å²) >= 11 is 0. The molecule has 1 aliphatic rings. The summed E-state index contributed by atoms with van der Waals surface area (Å²) in [6.45, 7) is 4.33. The first-order valence-electron chi connectivity index (χ1n) is 7.94. The van der Waals surface area contributed by atoms with E-state index in [1.54, 1.807) is 19.1 Å². The van der Waals surface area contributed by atoms with Gasteiger partial charge in [0.05, 0.1) is 16.2 Å². The SMILES string of the molecule is CNC1CCCN(CCC(=O)Nc2cccc([N+](=O)[O-])c2C)C1. The maximum absolute atomic E-state index is 12.1. The molecule has 1 aliphatic heterocycles. The van der Waals surface area contributed by atoms with E-state index in [4.69, 9.17) is 0 Å². The second kappa shape index (κ2) is 8.03. The molecule has 1 aromatic carbocycles. The molecule has 1 aromatic rings. The molecule has 1 atom stereocenters. The molecule has 0 bridgehead atoms. The second-order valence-corrected chi connectivity index (χ2v) is 5.93. The van der Waals surface area contributed by atoms with Gasteiger partial charge in [0.15, 0.2) is 0 Å². The highest BCUT2D eigenvalue weighted by Crippen LogP contribution is 2.25. The molecule has 0 radical (unpaired) electrons. The predicted molar refractivity (Wildman–Crippen MR) is 89.6 cm³/mol. The number of amides is 1. The molecule has 0 spiro atoms. The summed E-state index contributed by atoms with van der Waals surface area (Å²) < 4.78 is 0. The van der Waals surface area contributed by atoms with Crippen molar-refractivity contribution in [3.05, 3.63) is 33.9 Å². The smallest absolute Gasteiger partial charge is 0.274 e. The predicted octanol–water partition coefficient (Wildman–Crippen LogP) is 1.92. The molecule has 1 heterocycles. The Balaban J connectivity index is 1.88. The third-order valence-corrected chi connectivity index (χ3v) is 4.34. The summed E-state index contributed by atoms with van der Waals surface area (Å²) in [7, 11) is 1.96. The van der Waals surface area contributed by atoms with Crippen molar-refractivity contribution < 1.29 is 9.72 Å². The van der Waals surface area contributed by atoms with Crippen LogP contribution in [0.4, 0.5) is 11.4 Å². The Hall–Kier alpha value is -1.99. The molecular weight excluding hydrogens is 296 g/mol. The number of nitrogens with one attached hydrogen (secondary N) is 2. The lowest BCUT2D eigenvalue weighted by molar-refractivity contribution is -0.385. The number of carbonyl (C=O) groups is 1. The first-order chi connectivity index (χ1) is 11.0. The highest BCUT2D eigenvalue weighted by molar-refractivity contribution is 5.92. The van der Waals surface area contributed by atoms with Crippen LogP contribution in [0, 0.1) is 17.0 Å². The normalized spacial score (nSPS) is 18.6. The quantitative estimate of drug-likeness (QED) is 0.617. The minimum absolute atomic E-state index is 0.0238. The third kappa shape index (κ3) is 4.74. The lowest BCUT2D eigenvalue weighted by Crippen LogP contribution is -2.45. The van der Waals surface area contributed by atoms with Crippen LogP contribution in [0.25, 0.3) is 0 Å². The van der Waals surface area contributed by atoms with Crippen molar-refractivity contribution in [2.75, 3.05) is 32.0 Å². The average molecular weight is 320 g/mol. The molecule has 7 heteroatoms. The fourth-order valence-corrected chi connectivity index (χ4v) is 2.92. The van der Waals surface area contributed by atoms with Gasteiger partial charge >= 0.3 is 0 Å². The van der Waals surface area contributed by atoms with Crippen LogP contribution in [0.15, 0.2) is 18.2 Å². The number of carbonyl (C=O) groups excluding carboxylic acids is 1. The van der Waals surface area contributed by atoms with Crippen molar-refractivity contribution in [3.63, 3.8) is 0 Å². The van der Waals surface area contributed by atoms with Crippen LogP contribution in [0.3, 0.4) is 0 Å². The number of likely N-dealkylation sites (tertiary alicyclic amines) is 1. The van der Waals surface area contributed by atoms with Crippen LogP contribution in [0.2, 0.25) is 0 Å². The maximum Gasteiger partial charge on any atom is 0.274 e. The molecular formula is C16H24N4O3. The first kappa shape index (κ1) is 17.4. The van der Waals surface area contributed by atoms with Crippen LogP contribution in [0.5, 0.6) is 0 Å². The number of nitro groups is 1. The Morgan fingerprint density at radius 2 is 2.26 bits per heavy atom. The monoisotopic (exact) mass is 320 g/mol. The van der Waals surface area contributed by atoms with Crippen LogP contribution in [0.1, 0.15) is 24.8 Å². The van der Waals surface area contributed by atoms with E-state index < -0.39 is 4.92 Å². The van der Waals surface area contributed by atoms with Crippen LogP contribution < -0.4 is 10.6 Å². The number of hydrogen-bond donors (Lipinski definition) is 2. The zero-order valence-electron chi connectivity index (χ0n) is 13.7. The van der Waals surface area contributed by atoms with E-state index in [0.29, 0.717) is 30.3 Å². The van der Waals surface area contributed by atoms with E-state index in [2.05, 4.69) is 15.5 Å². The minimum Gasteiger partial charge on any atom is -0.326 e. The van der Waals surface area contributed by atoms with Gasteiger partial charge in [0.2, 0.25) is 5.91 Å². The number of rotatable bonds is 6.